The summed E-state index contributed by atoms with van der Waals surface area (Å²) in [5.74, 6) is 1.07. The van der Waals surface area contributed by atoms with E-state index in [1.54, 1.807) is 43.8 Å². The number of ether oxygens (including phenoxy) is 2. The number of nitrogens with zero attached hydrogens (tertiary/aromatic N) is 2. The molecule has 3 rings (SSSR count). The molecule has 0 bridgehead atoms. The fourth-order valence-electron chi connectivity index (χ4n) is 2.44. The molecule has 0 saturated carbocycles. The van der Waals surface area contributed by atoms with Gasteiger partial charge in [0, 0.05) is 25.3 Å². The Hall–Kier alpha value is -2.93. The summed E-state index contributed by atoms with van der Waals surface area (Å²) in [5, 5.41) is 2.86. The number of oxazole rings is 1. The van der Waals surface area contributed by atoms with Crippen LogP contribution in [0.3, 0.4) is 0 Å². The summed E-state index contributed by atoms with van der Waals surface area (Å²) in [5.41, 5.74) is 1.82. The largest absolute Gasteiger partial charge is 0.487 e. The van der Waals surface area contributed by atoms with Gasteiger partial charge in [-0.05, 0) is 37.3 Å². The minimum Gasteiger partial charge on any atom is -0.487 e. The van der Waals surface area contributed by atoms with Crippen molar-refractivity contribution < 1.29 is 18.7 Å². The lowest BCUT2D eigenvalue weighted by Crippen LogP contribution is -2.33. The number of amides is 1. The number of nitrogens with one attached hydrogen (secondary N) is 1. The van der Waals surface area contributed by atoms with Crippen LogP contribution in [0, 0.1) is 0 Å². The van der Waals surface area contributed by atoms with E-state index in [4.69, 9.17) is 13.9 Å². The Kier molecular flexibility index (Phi) is 5.80. The molecule has 1 amide bonds. The maximum atomic E-state index is 12.4. The molecule has 1 unspecified atom stereocenters. The van der Waals surface area contributed by atoms with Gasteiger partial charge < -0.3 is 19.2 Å². The molecule has 1 aromatic carbocycles. The molecular weight excluding hydrogens is 334 g/mol. The molecular formula is C19H21N3O4. The zero-order valence-electron chi connectivity index (χ0n) is 14.8. The van der Waals surface area contributed by atoms with Crippen molar-refractivity contribution >= 4 is 17.0 Å². The van der Waals surface area contributed by atoms with Crippen LogP contribution in [-0.2, 0) is 11.2 Å². The lowest BCUT2D eigenvalue weighted by atomic mass is 10.2. The van der Waals surface area contributed by atoms with Gasteiger partial charge in [0.1, 0.15) is 17.4 Å². The van der Waals surface area contributed by atoms with Crippen LogP contribution in [0.5, 0.6) is 5.75 Å². The normalized spacial score (nSPS) is 12.1. The van der Waals surface area contributed by atoms with E-state index in [1.807, 2.05) is 13.0 Å². The van der Waals surface area contributed by atoms with Gasteiger partial charge in [0.05, 0.1) is 19.3 Å². The fraction of sp³-hybridized carbons (Fsp3) is 0.316. The molecule has 7 nitrogen and oxygen atoms in total. The molecule has 0 radical (unpaired) electrons. The number of carbonyl (C=O) groups excluding carboxylic acids is 1. The maximum absolute atomic E-state index is 12.4. The Morgan fingerprint density at radius 3 is 3.00 bits per heavy atom. The van der Waals surface area contributed by atoms with Gasteiger partial charge in [-0.2, -0.15) is 0 Å². The van der Waals surface area contributed by atoms with Gasteiger partial charge >= 0.3 is 0 Å². The van der Waals surface area contributed by atoms with E-state index >= 15 is 0 Å². The third-order valence-electron chi connectivity index (χ3n) is 3.74. The molecule has 0 saturated heterocycles. The smallest absolute Gasteiger partial charge is 0.251 e. The van der Waals surface area contributed by atoms with Crippen LogP contribution in [0.2, 0.25) is 0 Å². The molecule has 0 aliphatic carbocycles. The van der Waals surface area contributed by atoms with Crippen molar-refractivity contribution in [2.45, 2.75) is 19.4 Å². The second kappa shape index (κ2) is 8.44. The first kappa shape index (κ1) is 17.9. The summed E-state index contributed by atoms with van der Waals surface area (Å²) in [7, 11) is 1.63. The highest BCUT2D eigenvalue weighted by Gasteiger charge is 2.12. The molecule has 0 fully saturated rings. The summed E-state index contributed by atoms with van der Waals surface area (Å²) < 4.78 is 16.4. The predicted octanol–water partition coefficient (Wildman–Crippen LogP) is 2.61. The van der Waals surface area contributed by atoms with Crippen LogP contribution in [0.1, 0.15) is 23.2 Å². The molecule has 136 valence electrons. The standard InChI is InChI=1S/C19H21N3O4/c1-13(25-15-4-3-8-20-12-15)11-21-19(23)14-5-6-16-17(10-14)26-18(22-16)7-9-24-2/h3-6,8,10,12-13H,7,9,11H2,1-2H3,(H,21,23). The average molecular weight is 355 g/mol. The van der Waals surface area contributed by atoms with Gasteiger partial charge in [0.25, 0.3) is 5.91 Å². The lowest BCUT2D eigenvalue weighted by Gasteiger charge is -2.15. The van der Waals surface area contributed by atoms with Crippen LogP contribution in [0.15, 0.2) is 47.1 Å². The Balaban J connectivity index is 1.58. The van der Waals surface area contributed by atoms with Crippen LogP contribution in [0.25, 0.3) is 11.1 Å². The van der Waals surface area contributed by atoms with Gasteiger partial charge in [-0.3, -0.25) is 9.78 Å². The minimum atomic E-state index is -0.191. The topological polar surface area (TPSA) is 86.5 Å². The molecule has 2 heterocycles. The van der Waals surface area contributed by atoms with E-state index in [2.05, 4.69) is 15.3 Å². The Bertz CT molecular complexity index is 864. The second-order valence-corrected chi connectivity index (χ2v) is 5.86. The third kappa shape index (κ3) is 4.58. The molecule has 1 N–H and O–H groups in total. The maximum Gasteiger partial charge on any atom is 0.251 e. The third-order valence-corrected chi connectivity index (χ3v) is 3.74. The number of aromatic nitrogens is 2. The summed E-state index contributed by atoms with van der Waals surface area (Å²) in [6.07, 6.45) is 3.73. The van der Waals surface area contributed by atoms with Crippen molar-refractivity contribution in [1.29, 1.82) is 0 Å². The first-order valence-electron chi connectivity index (χ1n) is 8.39. The highest BCUT2D eigenvalue weighted by molar-refractivity contribution is 5.97. The van der Waals surface area contributed by atoms with Crippen LogP contribution >= 0.6 is 0 Å². The van der Waals surface area contributed by atoms with Crippen molar-refractivity contribution in [2.75, 3.05) is 20.3 Å². The van der Waals surface area contributed by atoms with Crippen molar-refractivity contribution in [3.05, 3.63) is 54.2 Å². The number of pyridine rings is 1. The first-order valence-corrected chi connectivity index (χ1v) is 8.39. The first-order chi connectivity index (χ1) is 12.7. The van der Waals surface area contributed by atoms with Crippen LogP contribution in [-0.4, -0.2) is 42.2 Å². The van der Waals surface area contributed by atoms with E-state index in [1.165, 1.54) is 0 Å². The Morgan fingerprint density at radius 2 is 2.23 bits per heavy atom. The number of benzene rings is 1. The van der Waals surface area contributed by atoms with Crippen molar-refractivity contribution in [1.82, 2.24) is 15.3 Å². The van der Waals surface area contributed by atoms with Gasteiger partial charge in [0.15, 0.2) is 11.5 Å². The second-order valence-electron chi connectivity index (χ2n) is 5.86. The number of fused-ring (bicyclic) bond motifs is 1. The minimum absolute atomic E-state index is 0.183. The van der Waals surface area contributed by atoms with E-state index in [-0.39, 0.29) is 12.0 Å². The number of hydrogen-bond donors (Lipinski definition) is 1. The molecule has 26 heavy (non-hydrogen) atoms. The number of hydrogen-bond acceptors (Lipinski definition) is 6. The van der Waals surface area contributed by atoms with Gasteiger partial charge in [-0.1, -0.05) is 0 Å². The fourth-order valence-corrected chi connectivity index (χ4v) is 2.44. The van der Waals surface area contributed by atoms with Crippen LogP contribution in [0.4, 0.5) is 0 Å². The number of carbonyl (C=O) groups is 1. The lowest BCUT2D eigenvalue weighted by molar-refractivity contribution is 0.0932. The highest BCUT2D eigenvalue weighted by atomic mass is 16.5. The zero-order chi connectivity index (χ0) is 18.4. The molecule has 0 spiro atoms. The van der Waals surface area contributed by atoms with Crippen molar-refractivity contribution in [3.63, 3.8) is 0 Å². The zero-order valence-corrected chi connectivity index (χ0v) is 14.8. The van der Waals surface area contributed by atoms with E-state index < -0.39 is 0 Å². The molecule has 3 aromatic rings. The summed E-state index contributed by atoms with van der Waals surface area (Å²) in [6.45, 7) is 2.80. The van der Waals surface area contributed by atoms with Gasteiger partial charge in [0.2, 0.25) is 0 Å². The van der Waals surface area contributed by atoms with Gasteiger partial charge in [-0.15, -0.1) is 0 Å². The Morgan fingerprint density at radius 1 is 1.35 bits per heavy atom. The highest BCUT2D eigenvalue weighted by Crippen LogP contribution is 2.18. The van der Waals surface area contributed by atoms with E-state index in [0.29, 0.717) is 42.4 Å². The predicted molar refractivity (Wildman–Crippen MR) is 96.2 cm³/mol. The van der Waals surface area contributed by atoms with Gasteiger partial charge in [-0.25, -0.2) is 4.98 Å². The average Bonchev–Trinajstić information content (AvgIpc) is 3.07. The molecule has 7 heteroatoms. The summed E-state index contributed by atoms with van der Waals surface area (Å²) >= 11 is 0. The van der Waals surface area contributed by atoms with E-state index in [9.17, 15) is 4.79 Å². The SMILES string of the molecule is COCCc1nc2ccc(C(=O)NCC(C)Oc3cccnc3)cc2o1. The molecule has 2 aromatic heterocycles. The summed E-state index contributed by atoms with van der Waals surface area (Å²) in [4.78, 5) is 20.7. The molecule has 0 aliphatic heterocycles. The van der Waals surface area contributed by atoms with Crippen LogP contribution < -0.4 is 10.1 Å². The van der Waals surface area contributed by atoms with E-state index in [0.717, 1.165) is 5.52 Å². The monoisotopic (exact) mass is 355 g/mol. The summed E-state index contributed by atoms with van der Waals surface area (Å²) in [6, 6.07) is 8.83. The molecule has 1 atom stereocenters. The van der Waals surface area contributed by atoms with Crippen molar-refractivity contribution in [3.8, 4) is 5.75 Å². The number of rotatable bonds is 8. The van der Waals surface area contributed by atoms with Crippen molar-refractivity contribution in [2.24, 2.45) is 0 Å². The number of methoxy groups -OCH3 is 1. The Labute approximate surface area is 151 Å². The quantitative estimate of drug-likeness (QED) is 0.668. The molecule has 0 aliphatic rings.